The summed E-state index contributed by atoms with van der Waals surface area (Å²) in [5.74, 6) is 0. The molecule has 0 bridgehead atoms. The normalized spacial score (nSPS) is 18.9. The molecule has 7 nitrogen and oxygen atoms in total. The van der Waals surface area contributed by atoms with Gasteiger partial charge in [-0.2, -0.15) is 30.2 Å². The molecule has 0 unspecified atom stereocenters. The molecule has 3 heterocycles. The average Bonchev–Trinajstić information content (AvgIpc) is 2.92. The van der Waals surface area contributed by atoms with E-state index in [-0.39, 0.29) is 38.1 Å². The fourth-order valence-electron chi connectivity index (χ4n) is 3.47. The first-order chi connectivity index (χ1) is 12.8. The van der Waals surface area contributed by atoms with E-state index in [0.717, 1.165) is 20.5 Å². The van der Waals surface area contributed by atoms with Crippen LogP contribution >= 0.6 is 0 Å². The van der Waals surface area contributed by atoms with E-state index < -0.39 is 27.7 Å². The fourth-order valence-corrected chi connectivity index (χ4v) is 4.57. The Kier molecular flexibility index (Phi) is 5.24. The van der Waals surface area contributed by atoms with Crippen molar-refractivity contribution in [3.8, 4) is 0 Å². The largest absolute Gasteiger partial charge is 0.431 e. The van der Waals surface area contributed by atoms with Crippen LogP contribution in [0.15, 0.2) is 18.3 Å². The molecular weight excluding hydrogens is 397 g/mol. The van der Waals surface area contributed by atoms with Gasteiger partial charge < -0.3 is 9.67 Å². The summed E-state index contributed by atoms with van der Waals surface area (Å²) in [4.78, 5) is 4.13. The second-order valence-electron chi connectivity index (χ2n) is 7.45. The van der Waals surface area contributed by atoms with Crippen molar-refractivity contribution < 1.29 is 26.7 Å². The van der Waals surface area contributed by atoms with Crippen molar-refractivity contribution in [1.29, 1.82) is 0 Å². The highest BCUT2D eigenvalue weighted by atomic mass is 32.2. The number of alkyl halides is 3. The van der Waals surface area contributed by atoms with Crippen LogP contribution in [0.2, 0.25) is 0 Å². The summed E-state index contributed by atoms with van der Waals surface area (Å²) in [6, 6.07) is 2.65. The number of hydrogen-bond donors (Lipinski definition) is 1. The number of hydrogen-bond acceptors (Lipinski definition) is 4. The van der Waals surface area contributed by atoms with Gasteiger partial charge in [0.2, 0.25) is 0 Å². The molecule has 2 aromatic heterocycles. The summed E-state index contributed by atoms with van der Waals surface area (Å²) in [7, 11) is -0.810. The molecule has 3 rings (SSSR count). The van der Waals surface area contributed by atoms with E-state index in [9.17, 15) is 26.7 Å². The highest BCUT2D eigenvalue weighted by Crippen LogP contribution is 2.36. The number of rotatable bonds is 4. The lowest BCUT2D eigenvalue weighted by Crippen LogP contribution is -2.51. The van der Waals surface area contributed by atoms with Gasteiger partial charge in [-0.15, -0.1) is 0 Å². The zero-order chi connectivity index (χ0) is 20.9. The Morgan fingerprint density at radius 3 is 2.39 bits per heavy atom. The molecule has 0 amide bonds. The van der Waals surface area contributed by atoms with Crippen molar-refractivity contribution in [1.82, 2.24) is 18.2 Å². The number of pyridine rings is 1. The number of aryl methyl sites for hydroxylation is 1. The molecule has 156 valence electrons. The third kappa shape index (κ3) is 3.88. The van der Waals surface area contributed by atoms with Gasteiger partial charge in [-0.05, 0) is 37.5 Å². The molecule has 0 aromatic carbocycles. The van der Waals surface area contributed by atoms with Crippen molar-refractivity contribution in [2.24, 2.45) is 0 Å². The Labute approximate surface area is 161 Å². The molecule has 0 saturated carbocycles. The lowest BCUT2D eigenvalue weighted by molar-refractivity contribution is -0.145. The summed E-state index contributed by atoms with van der Waals surface area (Å²) in [6.45, 7) is 1.50. The molecule has 1 aliphatic heterocycles. The molecule has 1 fully saturated rings. The smallest absolute Gasteiger partial charge is 0.388 e. The maximum Gasteiger partial charge on any atom is 0.431 e. The summed E-state index contributed by atoms with van der Waals surface area (Å²) in [5, 5.41) is 11.3. The summed E-state index contributed by atoms with van der Waals surface area (Å²) in [6.07, 6.45) is -3.05. The van der Waals surface area contributed by atoms with Crippen LogP contribution in [0.3, 0.4) is 0 Å². The van der Waals surface area contributed by atoms with Crippen LogP contribution in [-0.2, 0) is 22.9 Å². The second-order valence-corrected chi connectivity index (χ2v) is 9.59. The SMILES string of the molecule is Cc1cnc2c(c1)cc(C(F)(F)F)n2CC1(O)CCN(S(=O)(=O)N(C)C)CC1. The Balaban J connectivity index is 1.91. The molecule has 1 saturated heterocycles. The summed E-state index contributed by atoms with van der Waals surface area (Å²) >= 11 is 0. The minimum atomic E-state index is -4.60. The van der Waals surface area contributed by atoms with Gasteiger partial charge in [0, 0.05) is 38.8 Å². The third-order valence-electron chi connectivity index (χ3n) is 5.05. The molecule has 0 aliphatic carbocycles. The molecule has 0 spiro atoms. The minimum absolute atomic E-state index is 0.0307. The zero-order valence-electron chi connectivity index (χ0n) is 15.9. The Morgan fingerprint density at radius 1 is 1.25 bits per heavy atom. The molecule has 1 aliphatic rings. The molecule has 28 heavy (non-hydrogen) atoms. The quantitative estimate of drug-likeness (QED) is 0.821. The molecule has 11 heteroatoms. The van der Waals surface area contributed by atoms with Gasteiger partial charge in [0.25, 0.3) is 10.2 Å². The van der Waals surface area contributed by atoms with Crippen molar-refractivity contribution in [2.45, 2.75) is 38.1 Å². The Hall–Kier alpha value is -1.69. The molecule has 0 atom stereocenters. The fraction of sp³-hybridized carbons (Fsp3) is 0.588. The van der Waals surface area contributed by atoms with E-state index in [1.807, 2.05) is 0 Å². The number of fused-ring (bicyclic) bond motifs is 1. The highest BCUT2D eigenvalue weighted by molar-refractivity contribution is 7.86. The topological polar surface area (TPSA) is 78.7 Å². The zero-order valence-corrected chi connectivity index (χ0v) is 16.7. The number of aliphatic hydroxyl groups is 1. The minimum Gasteiger partial charge on any atom is -0.388 e. The van der Waals surface area contributed by atoms with Crippen LogP contribution in [0, 0.1) is 6.92 Å². The van der Waals surface area contributed by atoms with E-state index in [1.165, 1.54) is 24.6 Å². The van der Waals surface area contributed by atoms with Crippen LogP contribution in [0.5, 0.6) is 0 Å². The maximum absolute atomic E-state index is 13.5. The van der Waals surface area contributed by atoms with Crippen LogP contribution in [0.25, 0.3) is 11.0 Å². The van der Waals surface area contributed by atoms with Crippen molar-refractivity contribution in [3.63, 3.8) is 0 Å². The van der Waals surface area contributed by atoms with E-state index in [1.54, 1.807) is 13.0 Å². The number of nitrogens with zero attached hydrogens (tertiary/aromatic N) is 4. The van der Waals surface area contributed by atoms with Gasteiger partial charge in [-0.1, -0.05) is 0 Å². The van der Waals surface area contributed by atoms with E-state index in [0.29, 0.717) is 5.39 Å². The molecule has 2 aromatic rings. The van der Waals surface area contributed by atoms with Crippen LogP contribution in [0.4, 0.5) is 13.2 Å². The van der Waals surface area contributed by atoms with Gasteiger partial charge in [0.1, 0.15) is 11.3 Å². The predicted molar refractivity (Wildman–Crippen MR) is 97.8 cm³/mol. The van der Waals surface area contributed by atoms with Gasteiger partial charge in [-0.3, -0.25) is 0 Å². The van der Waals surface area contributed by atoms with Crippen LogP contribution in [-0.4, -0.2) is 64.5 Å². The number of piperidine rings is 1. The van der Waals surface area contributed by atoms with Gasteiger partial charge in [0.05, 0.1) is 12.1 Å². The second kappa shape index (κ2) is 6.97. The van der Waals surface area contributed by atoms with Crippen molar-refractivity contribution >= 4 is 21.2 Å². The predicted octanol–water partition coefficient (Wildman–Crippen LogP) is 2.00. The molecular formula is C17H23F3N4O3S. The van der Waals surface area contributed by atoms with E-state index in [4.69, 9.17) is 0 Å². The van der Waals surface area contributed by atoms with Gasteiger partial charge in [-0.25, -0.2) is 4.98 Å². The number of halogens is 3. The Morgan fingerprint density at radius 2 is 1.86 bits per heavy atom. The van der Waals surface area contributed by atoms with Gasteiger partial charge >= 0.3 is 6.18 Å². The highest BCUT2D eigenvalue weighted by Gasteiger charge is 2.41. The molecule has 0 radical (unpaired) electrons. The first-order valence-corrected chi connectivity index (χ1v) is 10.2. The van der Waals surface area contributed by atoms with E-state index in [2.05, 4.69) is 4.98 Å². The maximum atomic E-state index is 13.5. The van der Waals surface area contributed by atoms with Crippen LogP contribution < -0.4 is 0 Å². The standard InChI is InChI=1S/C17H23F3N4O3S/c1-12-8-13-9-14(17(18,19)20)24(15(13)21-10-12)11-16(25)4-6-23(7-5-16)28(26,27)22(2)3/h8-10,25H,4-7,11H2,1-3H3. The Bertz CT molecular complexity index is 977. The first kappa shape index (κ1) is 21.0. The summed E-state index contributed by atoms with van der Waals surface area (Å²) in [5.41, 5.74) is -1.46. The third-order valence-corrected chi connectivity index (χ3v) is 6.99. The number of aromatic nitrogens is 2. The lowest BCUT2D eigenvalue weighted by atomic mass is 9.92. The van der Waals surface area contributed by atoms with E-state index >= 15 is 0 Å². The molecule has 1 N–H and O–H groups in total. The van der Waals surface area contributed by atoms with Gasteiger partial charge in [0.15, 0.2) is 0 Å². The lowest BCUT2D eigenvalue weighted by Gasteiger charge is -2.38. The summed E-state index contributed by atoms with van der Waals surface area (Å²) < 4.78 is 68.4. The van der Waals surface area contributed by atoms with Crippen LogP contribution in [0.1, 0.15) is 24.1 Å². The monoisotopic (exact) mass is 420 g/mol. The van der Waals surface area contributed by atoms with Crippen molar-refractivity contribution in [3.05, 3.63) is 29.6 Å². The van der Waals surface area contributed by atoms with Crippen molar-refractivity contribution in [2.75, 3.05) is 27.2 Å². The average molecular weight is 420 g/mol. The first-order valence-electron chi connectivity index (χ1n) is 8.77.